The highest BCUT2D eigenvalue weighted by atomic mass is 19.1. The zero-order valence-corrected chi connectivity index (χ0v) is 12.0. The third-order valence-corrected chi connectivity index (χ3v) is 4.58. The number of piperidine rings is 1. The number of nitrogens with zero attached hydrogens (tertiary/aromatic N) is 1. The second-order valence-corrected chi connectivity index (χ2v) is 5.71. The maximum Gasteiger partial charge on any atom is 0.123 e. The van der Waals surface area contributed by atoms with Crippen molar-refractivity contribution in [3.05, 3.63) is 35.6 Å². The Bertz CT molecular complexity index is 382. The van der Waals surface area contributed by atoms with Crippen LogP contribution in [0.2, 0.25) is 0 Å². The van der Waals surface area contributed by atoms with Gasteiger partial charge in [-0.05, 0) is 56.5 Å². The molecule has 1 aromatic rings. The molecule has 2 nitrogen and oxygen atoms in total. The lowest BCUT2D eigenvalue weighted by Gasteiger charge is -2.38. The summed E-state index contributed by atoms with van der Waals surface area (Å²) in [6.45, 7) is 6.72. The summed E-state index contributed by atoms with van der Waals surface area (Å²) in [4.78, 5) is 2.47. The second kappa shape index (κ2) is 6.49. The van der Waals surface area contributed by atoms with Crippen LogP contribution in [0.25, 0.3) is 0 Å². The van der Waals surface area contributed by atoms with E-state index in [9.17, 15) is 4.39 Å². The fraction of sp³-hybridized carbons (Fsp3) is 0.625. The Labute approximate surface area is 115 Å². The monoisotopic (exact) mass is 264 g/mol. The van der Waals surface area contributed by atoms with Gasteiger partial charge in [0.15, 0.2) is 0 Å². The molecule has 106 valence electrons. The van der Waals surface area contributed by atoms with Gasteiger partial charge in [0.2, 0.25) is 0 Å². The standard InChI is InChI=1S/C16H25FN2/c1-3-13-8-10-19(11-9-13)12(2)16(18)14-4-6-15(17)7-5-14/h4-7,12-13,16H,3,8-11,18H2,1-2H3. The summed E-state index contributed by atoms with van der Waals surface area (Å²) >= 11 is 0. The van der Waals surface area contributed by atoms with Crippen LogP contribution in [0.5, 0.6) is 0 Å². The van der Waals surface area contributed by atoms with E-state index in [-0.39, 0.29) is 11.9 Å². The van der Waals surface area contributed by atoms with Crippen LogP contribution in [0.4, 0.5) is 4.39 Å². The van der Waals surface area contributed by atoms with Gasteiger partial charge in [-0.2, -0.15) is 0 Å². The number of likely N-dealkylation sites (tertiary alicyclic amines) is 1. The van der Waals surface area contributed by atoms with E-state index in [0.717, 1.165) is 24.6 Å². The van der Waals surface area contributed by atoms with Crippen LogP contribution in [0.3, 0.4) is 0 Å². The highest BCUT2D eigenvalue weighted by Crippen LogP contribution is 2.25. The van der Waals surface area contributed by atoms with Crippen LogP contribution in [-0.2, 0) is 0 Å². The summed E-state index contributed by atoms with van der Waals surface area (Å²) in [5.74, 6) is 0.679. The molecule has 0 saturated carbocycles. The smallest absolute Gasteiger partial charge is 0.123 e. The Hall–Kier alpha value is -0.930. The lowest BCUT2D eigenvalue weighted by molar-refractivity contribution is 0.124. The molecule has 1 fully saturated rings. The molecule has 0 spiro atoms. The number of rotatable bonds is 4. The van der Waals surface area contributed by atoms with Gasteiger partial charge in [-0.3, -0.25) is 4.90 Å². The minimum Gasteiger partial charge on any atom is -0.323 e. The van der Waals surface area contributed by atoms with E-state index in [1.165, 1.54) is 31.4 Å². The molecule has 0 radical (unpaired) electrons. The fourth-order valence-electron chi connectivity index (χ4n) is 2.96. The normalized spacial score (nSPS) is 21.3. The van der Waals surface area contributed by atoms with Gasteiger partial charge in [0.1, 0.15) is 5.82 Å². The summed E-state index contributed by atoms with van der Waals surface area (Å²) in [6.07, 6.45) is 3.83. The predicted molar refractivity (Wildman–Crippen MR) is 77.4 cm³/mol. The Morgan fingerprint density at radius 2 is 1.84 bits per heavy atom. The first-order valence-corrected chi connectivity index (χ1v) is 7.37. The van der Waals surface area contributed by atoms with E-state index in [0.29, 0.717) is 6.04 Å². The summed E-state index contributed by atoms with van der Waals surface area (Å²) in [6, 6.07) is 6.85. The minimum atomic E-state index is -0.202. The van der Waals surface area contributed by atoms with Crippen molar-refractivity contribution in [2.45, 2.75) is 45.2 Å². The highest BCUT2D eigenvalue weighted by molar-refractivity contribution is 5.21. The van der Waals surface area contributed by atoms with Crippen LogP contribution < -0.4 is 5.73 Å². The number of hydrogen-bond donors (Lipinski definition) is 1. The average molecular weight is 264 g/mol. The van der Waals surface area contributed by atoms with Crippen molar-refractivity contribution < 1.29 is 4.39 Å². The molecule has 1 saturated heterocycles. The molecule has 0 aromatic heterocycles. The van der Waals surface area contributed by atoms with Gasteiger partial charge in [-0.25, -0.2) is 4.39 Å². The molecule has 19 heavy (non-hydrogen) atoms. The number of nitrogens with two attached hydrogens (primary N) is 1. The molecule has 2 N–H and O–H groups in total. The predicted octanol–water partition coefficient (Wildman–Crippen LogP) is 3.34. The molecule has 2 atom stereocenters. The summed E-state index contributed by atoms with van der Waals surface area (Å²) in [5, 5.41) is 0. The van der Waals surface area contributed by atoms with Gasteiger partial charge in [-0.15, -0.1) is 0 Å². The summed E-state index contributed by atoms with van der Waals surface area (Å²) in [7, 11) is 0. The summed E-state index contributed by atoms with van der Waals surface area (Å²) < 4.78 is 12.9. The van der Waals surface area contributed by atoms with Crippen molar-refractivity contribution in [1.82, 2.24) is 4.90 Å². The molecule has 1 aromatic carbocycles. The van der Waals surface area contributed by atoms with Crippen LogP contribution in [0.1, 0.15) is 44.7 Å². The quantitative estimate of drug-likeness (QED) is 0.903. The third-order valence-electron chi connectivity index (χ3n) is 4.58. The molecule has 2 rings (SSSR count). The number of hydrogen-bond acceptors (Lipinski definition) is 2. The first kappa shape index (κ1) is 14.5. The molecule has 0 bridgehead atoms. The second-order valence-electron chi connectivity index (χ2n) is 5.71. The Morgan fingerprint density at radius 3 is 2.37 bits per heavy atom. The molecule has 1 heterocycles. The van der Waals surface area contributed by atoms with Gasteiger partial charge >= 0.3 is 0 Å². The Kier molecular flexibility index (Phi) is 4.94. The zero-order chi connectivity index (χ0) is 13.8. The molecule has 3 heteroatoms. The van der Waals surface area contributed by atoms with Crippen molar-refractivity contribution in [2.75, 3.05) is 13.1 Å². The van der Waals surface area contributed by atoms with E-state index in [2.05, 4.69) is 18.7 Å². The SMILES string of the molecule is CCC1CCN(C(C)C(N)c2ccc(F)cc2)CC1. The molecule has 2 unspecified atom stereocenters. The largest absolute Gasteiger partial charge is 0.323 e. The molecule has 0 amide bonds. The number of halogens is 1. The minimum absolute atomic E-state index is 0.0428. The lowest BCUT2D eigenvalue weighted by Crippen LogP contribution is -2.45. The van der Waals surface area contributed by atoms with Crippen LogP contribution in [0.15, 0.2) is 24.3 Å². The van der Waals surface area contributed by atoms with Gasteiger partial charge < -0.3 is 5.73 Å². The fourth-order valence-corrected chi connectivity index (χ4v) is 2.96. The van der Waals surface area contributed by atoms with Crippen LogP contribution in [0, 0.1) is 11.7 Å². The van der Waals surface area contributed by atoms with E-state index >= 15 is 0 Å². The maximum absolute atomic E-state index is 12.9. The average Bonchev–Trinajstić information content (AvgIpc) is 2.46. The number of benzene rings is 1. The van der Waals surface area contributed by atoms with E-state index in [4.69, 9.17) is 5.73 Å². The molecule has 1 aliphatic heterocycles. The van der Waals surface area contributed by atoms with Crippen molar-refractivity contribution in [2.24, 2.45) is 11.7 Å². The van der Waals surface area contributed by atoms with Gasteiger partial charge in [0.25, 0.3) is 0 Å². The highest BCUT2D eigenvalue weighted by Gasteiger charge is 2.26. The topological polar surface area (TPSA) is 29.3 Å². The Morgan fingerprint density at radius 1 is 1.26 bits per heavy atom. The van der Waals surface area contributed by atoms with Crippen molar-refractivity contribution >= 4 is 0 Å². The van der Waals surface area contributed by atoms with Gasteiger partial charge in [-0.1, -0.05) is 25.5 Å². The zero-order valence-electron chi connectivity index (χ0n) is 12.0. The van der Waals surface area contributed by atoms with Gasteiger partial charge in [0.05, 0.1) is 0 Å². The van der Waals surface area contributed by atoms with Crippen molar-refractivity contribution in [3.63, 3.8) is 0 Å². The van der Waals surface area contributed by atoms with E-state index in [1.807, 2.05) is 0 Å². The van der Waals surface area contributed by atoms with E-state index < -0.39 is 0 Å². The summed E-state index contributed by atoms with van der Waals surface area (Å²) in [5.41, 5.74) is 7.34. The van der Waals surface area contributed by atoms with Crippen LogP contribution in [-0.4, -0.2) is 24.0 Å². The maximum atomic E-state index is 12.9. The molecule has 0 aliphatic carbocycles. The molecular weight excluding hydrogens is 239 g/mol. The molecular formula is C16H25FN2. The Balaban J connectivity index is 1.95. The first-order valence-electron chi connectivity index (χ1n) is 7.37. The third kappa shape index (κ3) is 3.54. The first-order chi connectivity index (χ1) is 9.11. The van der Waals surface area contributed by atoms with Crippen LogP contribution >= 0.6 is 0 Å². The molecule has 1 aliphatic rings. The van der Waals surface area contributed by atoms with E-state index in [1.54, 1.807) is 12.1 Å². The van der Waals surface area contributed by atoms with Crippen molar-refractivity contribution in [3.8, 4) is 0 Å². The van der Waals surface area contributed by atoms with Gasteiger partial charge in [0, 0.05) is 12.1 Å². The van der Waals surface area contributed by atoms with Crippen molar-refractivity contribution in [1.29, 1.82) is 0 Å². The lowest BCUT2D eigenvalue weighted by atomic mass is 9.91.